The van der Waals surface area contributed by atoms with Crippen LogP contribution in [0.15, 0.2) is 23.2 Å². The molecular weight excluding hydrogens is 286 g/mol. The summed E-state index contributed by atoms with van der Waals surface area (Å²) in [6.07, 6.45) is 1.87. The monoisotopic (exact) mass is 307 g/mol. The van der Waals surface area contributed by atoms with E-state index in [2.05, 4.69) is 15.6 Å². The van der Waals surface area contributed by atoms with E-state index in [1.807, 2.05) is 25.2 Å². The number of carbonyl (C=O) groups excluding carboxylic acids is 1. The molecule has 1 aromatic carbocycles. The number of rotatable bonds is 6. The number of esters is 1. The van der Waals surface area contributed by atoms with Crippen LogP contribution < -0.4 is 15.4 Å². The zero-order valence-corrected chi connectivity index (χ0v) is 13.0. The highest BCUT2D eigenvalue weighted by atomic mass is 16.5. The first kappa shape index (κ1) is 16.1. The van der Waals surface area contributed by atoms with Gasteiger partial charge in [0.15, 0.2) is 6.40 Å². The summed E-state index contributed by atoms with van der Waals surface area (Å²) in [5.74, 6) is 0.452. The molecule has 0 radical (unpaired) electrons. The first-order valence-corrected chi connectivity index (χ1v) is 7.03. The van der Waals surface area contributed by atoms with Crippen molar-refractivity contribution in [3.63, 3.8) is 0 Å². The molecule has 0 saturated carbocycles. The molecule has 7 nitrogen and oxygen atoms in total. The van der Waals surface area contributed by atoms with Crippen molar-refractivity contribution in [2.24, 2.45) is 4.99 Å². The predicted octanol–water partition coefficient (Wildman–Crippen LogP) is 1.32. The van der Waals surface area contributed by atoms with Crippen LogP contribution in [0, 0.1) is 0 Å². The molecule has 2 rings (SSSR count). The Morgan fingerprint density at radius 2 is 2.27 bits per heavy atom. The standard InChI is InChI=1S/C15H21N3O4/c1-16-12-5-4-10(20-2)6-13(12)18-9-22-11-7-14(17-8-11)15(19)21-3/h4-6,9,11,14,16-17H,7-8H2,1-3H3/t11-,14+/m1/s1. The van der Waals surface area contributed by atoms with Crippen LogP contribution in [-0.2, 0) is 14.3 Å². The molecule has 0 bridgehead atoms. The Bertz CT molecular complexity index is 548. The Morgan fingerprint density at radius 3 is 2.95 bits per heavy atom. The second-order valence-electron chi connectivity index (χ2n) is 4.85. The van der Waals surface area contributed by atoms with E-state index < -0.39 is 0 Å². The first-order chi connectivity index (χ1) is 10.7. The molecule has 1 saturated heterocycles. The number of benzene rings is 1. The predicted molar refractivity (Wildman–Crippen MR) is 84.0 cm³/mol. The van der Waals surface area contributed by atoms with Gasteiger partial charge in [-0.3, -0.25) is 4.79 Å². The van der Waals surface area contributed by atoms with Gasteiger partial charge in [-0.2, -0.15) is 0 Å². The number of hydrogen-bond acceptors (Lipinski definition) is 7. The van der Waals surface area contributed by atoms with Crippen molar-refractivity contribution in [2.75, 3.05) is 33.1 Å². The number of hydrogen-bond donors (Lipinski definition) is 2. The number of anilines is 1. The molecule has 0 aliphatic carbocycles. The van der Waals surface area contributed by atoms with E-state index in [1.165, 1.54) is 13.5 Å². The molecular formula is C15H21N3O4. The lowest BCUT2D eigenvalue weighted by molar-refractivity contribution is -0.142. The Morgan fingerprint density at radius 1 is 1.45 bits per heavy atom. The van der Waals surface area contributed by atoms with Gasteiger partial charge < -0.3 is 24.8 Å². The first-order valence-electron chi connectivity index (χ1n) is 7.03. The van der Waals surface area contributed by atoms with Gasteiger partial charge in [-0.1, -0.05) is 0 Å². The number of ether oxygens (including phenoxy) is 3. The van der Waals surface area contributed by atoms with Crippen molar-refractivity contribution in [1.82, 2.24) is 5.32 Å². The van der Waals surface area contributed by atoms with Crippen molar-refractivity contribution in [3.8, 4) is 5.75 Å². The van der Waals surface area contributed by atoms with Gasteiger partial charge in [-0.05, 0) is 12.1 Å². The van der Waals surface area contributed by atoms with Crippen LogP contribution in [0.25, 0.3) is 0 Å². The maximum Gasteiger partial charge on any atom is 0.323 e. The minimum atomic E-state index is -0.312. The molecule has 1 aromatic rings. The summed E-state index contributed by atoms with van der Waals surface area (Å²) in [6, 6.07) is 5.24. The molecule has 0 spiro atoms. The summed E-state index contributed by atoms with van der Waals surface area (Å²) in [4.78, 5) is 15.7. The van der Waals surface area contributed by atoms with Crippen LogP contribution in [0.4, 0.5) is 11.4 Å². The number of nitrogens with zero attached hydrogens (tertiary/aromatic N) is 1. The van der Waals surface area contributed by atoms with Gasteiger partial charge in [0.25, 0.3) is 0 Å². The number of methoxy groups -OCH3 is 2. The molecule has 120 valence electrons. The SMILES string of the molecule is CNc1ccc(OC)cc1N=CO[C@H]1CN[C@H](C(=O)OC)C1. The van der Waals surface area contributed by atoms with E-state index >= 15 is 0 Å². The lowest BCUT2D eigenvalue weighted by Crippen LogP contribution is -2.31. The normalized spacial score (nSPS) is 20.9. The zero-order valence-electron chi connectivity index (χ0n) is 13.0. The van der Waals surface area contributed by atoms with Crippen LogP contribution in [0.5, 0.6) is 5.75 Å². The molecule has 2 N–H and O–H groups in total. The fourth-order valence-electron chi connectivity index (χ4n) is 2.26. The molecule has 1 heterocycles. The van der Waals surface area contributed by atoms with Gasteiger partial charge in [0.2, 0.25) is 0 Å². The number of aliphatic imine (C=N–C) groups is 1. The fourth-order valence-corrected chi connectivity index (χ4v) is 2.26. The molecule has 7 heteroatoms. The Hall–Kier alpha value is -2.28. The number of carbonyl (C=O) groups is 1. The third-order valence-electron chi connectivity index (χ3n) is 3.50. The average molecular weight is 307 g/mol. The van der Waals surface area contributed by atoms with Crippen LogP contribution in [0.2, 0.25) is 0 Å². The van der Waals surface area contributed by atoms with E-state index in [1.54, 1.807) is 7.11 Å². The largest absolute Gasteiger partial charge is 0.497 e. The Labute approximate surface area is 129 Å². The van der Waals surface area contributed by atoms with Gasteiger partial charge in [0.1, 0.15) is 17.9 Å². The van der Waals surface area contributed by atoms with E-state index in [9.17, 15) is 4.79 Å². The minimum Gasteiger partial charge on any atom is -0.497 e. The van der Waals surface area contributed by atoms with Crippen LogP contribution >= 0.6 is 0 Å². The highest BCUT2D eigenvalue weighted by Gasteiger charge is 2.30. The second kappa shape index (κ2) is 7.65. The van der Waals surface area contributed by atoms with E-state index in [-0.39, 0.29) is 18.1 Å². The second-order valence-corrected chi connectivity index (χ2v) is 4.85. The maximum absolute atomic E-state index is 11.4. The van der Waals surface area contributed by atoms with Crippen molar-refractivity contribution < 1.29 is 19.0 Å². The average Bonchev–Trinajstić information content (AvgIpc) is 3.02. The Kier molecular flexibility index (Phi) is 5.60. The summed E-state index contributed by atoms with van der Waals surface area (Å²) in [5, 5.41) is 6.11. The summed E-state index contributed by atoms with van der Waals surface area (Å²) >= 11 is 0. The van der Waals surface area contributed by atoms with Crippen LogP contribution in [0.3, 0.4) is 0 Å². The summed E-state index contributed by atoms with van der Waals surface area (Å²) in [7, 11) is 4.81. The highest BCUT2D eigenvalue weighted by Crippen LogP contribution is 2.29. The third kappa shape index (κ3) is 3.88. The lowest BCUT2D eigenvalue weighted by atomic mass is 10.2. The van der Waals surface area contributed by atoms with E-state index in [0.29, 0.717) is 13.0 Å². The van der Waals surface area contributed by atoms with Gasteiger partial charge >= 0.3 is 5.97 Å². The third-order valence-corrected chi connectivity index (χ3v) is 3.50. The fraction of sp³-hybridized carbons (Fsp3) is 0.467. The van der Waals surface area contributed by atoms with Gasteiger partial charge in [0.05, 0.1) is 25.6 Å². The molecule has 0 amide bonds. The highest BCUT2D eigenvalue weighted by molar-refractivity contribution is 5.76. The van der Waals surface area contributed by atoms with Crippen molar-refractivity contribution in [3.05, 3.63) is 18.2 Å². The van der Waals surface area contributed by atoms with Gasteiger partial charge in [0, 0.05) is 26.1 Å². The summed E-state index contributed by atoms with van der Waals surface area (Å²) < 4.78 is 15.5. The number of nitrogens with one attached hydrogen (secondary N) is 2. The van der Waals surface area contributed by atoms with Crippen LogP contribution in [-0.4, -0.2) is 52.3 Å². The summed E-state index contributed by atoms with van der Waals surface area (Å²) in [5.41, 5.74) is 1.59. The molecule has 2 atom stereocenters. The van der Waals surface area contributed by atoms with Crippen molar-refractivity contribution in [2.45, 2.75) is 18.6 Å². The molecule has 0 aromatic heterocycles. The van der Waals surface area contributed by atoms with E-state index in [0.717, 1.165) is 17.1 Å². The van der Waals surface area contributed by atoms with Gasteiger partial charge in [-0.15, -0.1) is 0 Å². The summed E-state index contributed by atoms with van der Waals surface area (Å²) in [6.45, 7) is 0.586. The zero-order chi connectivity index (χ0) is 15.9. The molecule has 1 aliphatic heterocycles. The molecule has 1 aliphatic rings. The Balaban J connectivity index is 1.94. The van der Waals surface area contributed by atoms with Crippen molar-refractivity contribution in [1.29, 1.82) is 0 Å². The smallest absolute Gasteiger partial charge is 0.323 e. The van der Waals surface area contributed by atoms with Crippen LogP contribution in [0.1, 0.15) is 6.42 Å². The molecule has 1 fully saturated rings. The maximum atomic E-state index is 11.4. The molecule has 0 unspecified atom stereocenters. The minimum absolute atomic E-state index is 0.100. The quantitative estimate of drug-likeness (QED) is 0.469. The molecule has 22 heavy (non-hydrogen) atoms. The van der Waals surface area contributed by atoms with Gasteiger partial charge in [-0.25, -0.2) is 4.99 Å². The lowest BCUT2D eigenvalue weighted by Gasteiger charge is -2.09. The van der Waals surface area contributed by atoms with Crippen molar-refractivity contribution >= 4 is 23.7 Å². The van der Waals surface area contributed by atoms with E-state index in [4.69, 9.17) is 14.2 Å². The topological polar surface area (TPSA) is 81.2 Å².